The first kappa shape index (κ1) is 11.9. The minimum atomic E-state index is -0.780. The largest absolute Gasteiger partial charge is 0.463 e. The topological polar surface area (TPSA) is 65.5 Å². The summed E-state index contributed by atoms with van der Waals surface area (Å²) in [5, 5.41) is 0.587. The van der Waals surface area contributed by atoms with E-state index in [1.165, 1.54) is 11.8 Å². The normalized spacial score (nSPS) is 18.9. The first-order valence-electron chi connectivity index (χ1n) is 5.09. The van der Waals surface area contributed by atoms with E-state index in [1.54, 1.807) is 18.3 Å². The van der Waals surface area contributed by atoms with Crippen molar-refractivity contribution in [1.82, 2.24) is 4.98 Å². The van der Waals surface area contributed by atoms with Crippen molar-refractivity contribution in [3.8, 4) is 0 Å². The molecule has 1 aromatic rings. The van der Waals surface area contributed by atoms with Gasteiger partial charge >= 0.3 is 11.9 Å². The third-order valence-corrected chi connectivity index (χ3v) is 3.03. The maximum absolute atomic E-state index is 11.8. The maximum atomic E-state index is 11.8. The van der Waals surface area contributed by atoms with Crippen molar-refractivity contribution in [2.75, 3.05) is 12.9 Å². The summed E-state index contributed by atoms with van der Waals surface area (Å²) in [6.07, 6.45) is 3.06. The number of nitrogens with zero attached hydrogens (tertiary/aromatic N) is 1. The monoisotopic (exact) mass is 253 g/mol. The Labute approximate surface area is 103 Å². The highest BCUT2D eigenvalue weighted by Gasteiger charge is 2.31. The molecule has 1 fully saturated rings. The van der Waals surface area contributed by atoms with E-state index >= 15 is 0 Å². The second-order valence-corrected chi connectivity index (χ2v) is 4.21. The van der Waals surface area contributed by atoms with Gasteiger partial charge in [-0.1, -0.05) is 0 Å². The van der Waals surface area contributed by atoms with Crippen LogP contribution < -0.4 is 0 Å². The number of carbonyl (C=O) groups is 2. The quantitative estimate of drug-likeness (QED) is 0.597. The number of carbonyl (C=O) groups excluding carboxylic acids is 2. The second kappa shape index (κ2) is 5.18. The Balaban J connectivity index is 2.11. The smallest absolute Gasteiger partial charge is 0.347 e. The summed E-state index contributed by atoms with van der Waals surface area (Å²) in [6, 6.07) is 3.28. The van der Waals surface area contributed by atoms with Gasteiger partial charge in [-0.3, -0.25) is 0 Å². The Kier molecular flexibility index (Phi) is 3.63. The molecular formula is C11H11NO4S. The van der Waals surface area contributed by atoms with Crippen LogP contribution in [0.25, 0.3) is 0 Å². The highest BCUT2D eigenvalue weighted by atomic mass is 32.2. The summed E-state index contributed by atoms with van der Waals surface area (Å²) in [4.78, 5) is 27.1. The van der Waals surface area contributed by atoms with E-state index < -0.39 is 18.0 Å². The molecule has 2 rings (SSSR count). The third-order valence-electron chi connectivity index (χ3n) is 2.32. The molecule has 0 bridgehead atoms. The van der Waals surface area contributed by atoms with Crippen molar-refractivity contribution >= 4 is 23.7 Å². The fourth-order valence-electron chi connectivity index (χ4n) is 1.49. The first-order chi connectivity index (χ1) is 8.22. The standard InChI is InChI=1S/C11H11NO4S/c1-17-9-7(3-2-5-12-9)10(13)16-8-4-6-15-11(8)14/h2-3,5,8H,4,6H2,1H3/t8-/m1/s1. The molecule has 1 saturated heterocycles. The fraction of sp³-hybridized carbons (Fsp3) is 0.364. The molecular weight excluding hydrogens is 242 g/mol. The van der Waals surface area contributed by atoms with Crippen LogP contribution in [0.5, 0.6) is 0 Å². The summed E-state index contributed by atoms with van der Waals surface area (Å²) in [7, 11) is 0. The molecule has 0 amide bonds. The van der Waals surface area contributed by atoms with Gasteiger partial charge in [-0.15, -0.1) is 11.8 Å². The molecule has 1 atom stereocenters. The Morgan fingerprint density at radius 2 is 2.47 bits per heavy atom. The van der Waals surface area contributed by atoms with Crippen molar-refractivity contribution in [2.24, 2.45) is 0 Å². The molecule has 0 N–H and O–H groups in total. The van der Waals surface area contributed by atoms with Gasteiger partial charge in [-0.2, -0.15) is 0 Å². The van der Waals surface area contributed by atoms with Crippen LogP contribution in [0, 0.1) is 0 Å². The zero-order chi connectivity index (χ0) is 12.3. The van der Waals surface area contributed by atoms with Gasteiger partial charge in [0, 0.05) is 12.6 Å². The second-order valence-electron chi connectivity index (χ2n) is 3.41. The molecule has 0 radical (unpaired) electrons. The molecule has 90 valence electrons. The number of hydrogen-bond donors (Lipinski definition) is 0. The highest BCUT2D eigenvalue weighted by Crippen LogP contribution is 2.20. The number of hydrogen-bond acceptors (Lipinski definition) is 6. The Hall–Kier alpha value is -1.56. The minimum Gasteiger partial charge on any atom is -0.463 e. The van der Waals surface area contributed by atoms with Gasteiger partial charge in [-0.25, -0.2) is 14.6 Å². The predicted octanol–water partition coefficient (Wildman–Crippen LogP) is 1.28. The Morgan fingerprint density at radius 1 is 1.65 bits per heavy atom. The summed E-state index contributed by atoms with van der Waals surface area (Å²) in [5.41, 5.74) is 0.375. The number of esters is 2. The van der Waals surface area contributed by atoms with Crippen molar-refractivity contribution < 1.29 is 19.1 Å². The molecule has 1 aliphatic rings. The number of pyridine rings is 1. The predicted molar refractivity (Wildman–Crippen MR) is 60.8 cm³/mol. The number of cyclic esters (lactones) is 1. The summed E-state index contributed by atoms with van der Waals surface area (Å²) < 4.78 is 9.81. The third kappa shape index (κ3) is 2.58. The molecule has 0 aliphatic carbocycles. The van der Waals surface area contributed by atoms with Crippen molar-refractivity contribution in [2.45, 2.75) is 17.6 Å². The van der Waals surface area contributed by atoms with Crippen molar-refractivity contribution in [3.63, 3.8) is 0 Å². The van der Waals surface area contributed by atoms with Crippen LogP contribution >= 0.6 is 11.8 Å². The van der Waals surface area contributed by atoms with Crippen molar-refractivity contribution in [1.29, 1.82) is 0 Å². The molecule has 0 unspecified atom stereocenters. The zero-order valence-electron chi connectivity index (χ0n) is 9.21. The van der Waals surface area contributed by atoms with E-state index in [0.717, 1.165) is 0 Å². The Morgan fingerprint density at radius 3 is 3.12 bits per heavy atom. The van der Waals surface area contributed by atoms with Gasteiger partial charge in [-0.05, 0) is 18.4 Å². The molecule has 2 heterocycles. The fourth-order valence-corrected chi connectivity index (χ4v) is 2.02. The lowest BCUT2D eigenvalue weighted by Gasteiger charge is -2.09. The average Bonchev–Trinajstić information content (AvgIpc) is 2.75. The van der Waals surface area contributed by atoms with E-state index in [4.69, 9.17) is 9.47 Å². The summed E-state index contributed by atoms with van der Waals surface area (Å²) in [5.74, 6) is -1.01. The van der Waals surface area contributed by atoms with E-state index in [-0.39, 0.29) is 0 Å². The van der Waals surface area contributed by atoms with Crippen LogP contribution in [-0.4, -0.2) is 35.9 Å². The molecule has 0 aromatic carbocycles. The lowest BCUT2D eigenvalue weighted by atomic mass is 10.2. The van der Waals surface area contributed by atoms with Gasteiger partial charge in [0.2, 0.25) is 6.10 Å². The number of thioether (sulfide) groups is 1. The molecule has 0 saturated carbocycles. The van der Waals surface area contributed by atoms with E-state index in [1.807, 2.05) is 6.26 Å². The number of rotatable bonds is 3. The van der Waals surface area contributed by atoms with Crippen LogP contribution in [0.4, 0.5) is 0 Å². The van der Waals surface area contributed by atoms with Gasteiger partial charge in [0.1, 0.15) is 5.03 Å². The average molecular weight is 253 g/mol. The van der Waals surface area contributed by atoms with Crippen LogP contribution in [0.2, 0.25) is 0 Å². The van der Waals surface area contributed by atoms with Crippen LogP contribution in [0.1, 0.15) is 16.8 Å². The molecule has 5 nitrogen and oxygen atoms in total. The minimum absolute atomic E-state index is 0.305. The van der Waals surface area contributed by atoms with E-state index in [9.17, 15) is 9.59 Å². The SMILES string of the molecule is CSc1ncccc1C(=O)O[C@@H]1CCOC1=O. The lowest BCUT2D eigenvalue weighted by Crippen LogP contribution is -2.23. The van der Waals surface area contributed by atoms with Gasteiger partial charge in [0.25, 0.3) is 0 Å². The Bertz CT molecular complexity index is 449. The summed E-state index contributed by atoms with van der Waals surface area (Å²) >= 11 is 1.35. The van der Waals surface area contributed by atoms with Gasteiger partial charge in [0.15, 0.2) is 0 Å². The van der Waals surface area contributed by atoms with Crippen LogP contribution in [0.15, 0.2) is 23.4 Å². The molecule has 6 heteroatoms. The molecule has 1 aliphatic heterocycles. The van der Waals surface area contributed by atoms with Crippen molar-refractivity contribution in [3.05, 3.63) is 23.9 Å². The molecule has 0 spiro atoms. The van der Waals surface area contributed by atoms with Gasteiger partial charge < -0.3 is 9.47 Å². The van der Waals surface area contributed by atoms with Crippen LogP contribution in [0.3, 0.4) is 0 Å². The van der Waals surface area contributed by atoms with E-state index in [2.05, 4.69) is 4.98 Å². The first-order valence-corrected chi connectivity index (χ1v) is 6.31. The molecule has 17 heavy (non-hydrogen) atoms. The highest BCUT2D eigenvalue weighted by molar-refractivity contribution is 7.98. The number of aromatic nitrogens is 1. The maximum Gasteiger partial charge on any atom is 0.347 e. The van der Waals surface area contributed by atoms with Gasteiger partial charge in [0.05, 0.1) is 12.2 Å². The zero-order valence-corrected chi connectivity index (χ0v) is 10.0. The lowest BCUT2D eigenvalue weighted by molar-refractivity contribution is -0.145. The number of ether oxygens (including phenoxy) is 2. The van der Waals surface area contributed by atoms with Crippen LogP contribution in [-0.2, 0) is 14.3 Å². The molecule has 1 aromatic heterocycles. The summed E-state index contributed by atoms with van der Waals surface area (Å²) in [6.45, 7) is 0.305. The van der Waals surface area contributed by atoms with E-state index in [0.29, 0.717) is 23.6 Å².